The third kappa shape index (κ3) is 5.82. The van der Waals surface area contributed by atoms with Crippen LogP contribution in [0, 0.1) is 0 Å². The number of hydrogen-bond acceptors (Lipinski definition) is 5. The Labute approximate surface area is 169 Å². The molecule has 0 saturated heterocycles. The molecule has 2 N–H and O–H groups in total. The fourth-order valence-corrected chi connectivity index (χ4v) is 2.73. The number of fused-ring (bicyclic) bond motifs is 1. The lowest BCUT2D eigenvalue weighted by Crippen LogP contribution is -2.36. The van der Waals surface area contributed by atoms with Gasteiger partial charge in [-0.15, -0.1) is 0 Å². The second kappa shape index (κ2) is 9.90. The van der Waals surface area contributed by atoms with E-state index in [9.17, 15) is 17.6 Å². The van der Waals surface area contributed by atoms with E-state index >= 15 is 0 Å². The highest BCUT2D eigenvalue weighted by molar-refractivity contribution is 5.79. The maximum Gasteiger partial charge on any atom is 0.387 e. The molecule has 0 aliphatic carbocycles. The highest BCUT2D eigenvalue weighted by atomic mass is 19.3. The van der Waals surface area contributed by atoms with Gasteiger partial charge >= 0.3 is 13.2 Å². The Balaban J connectivity index is 1.62. The number of benzene rings is 2. The zero-order valence-corrected chi connectivity index (χ0v) is 15.8. The van der Waals surface area contributed by atoms with Crippen LogP contribution in [0.15, 0.2) is 41.4 Å². The summed E-state index contributed by atoms with van der Waals surface area (Å²) in [7, 11) is 1.53. The van der Waals surface area contributed by atoms with Gasteiger partial charge in [0, 0.05) is 31.8 Å². The van der Waals surface area contributed by atoms with Gasteiger partial charge in [0.2, 0.25) is 6.79 Å². The van der Waals surface area contributed by atoms with Crippen LogP contribution < -0.4 is 29.6 Å². The van der Waals surface area contributed by atoms with E-state index in [2.05, 4.69) is 25.1 Å². The van der Waals surface area contributed by atoms with Crippen molar-refractivity contribution in [2.75, 3.05) is 13.8 Å². The van der Waals surface area contributed by atoms with Crippen molar-refractivity contribution in [3.63, 3.8) is 0 Å². The lowest BCUT2D eigenvalue weighted by Gasteiger charge is -2.15. The number of guanidine groups is 1. The smallest absolute Gasteiger partial charge is 0.387 e. The van der Waals surface area contributed by atoms with Gasteiger partial charge in [0.05, 0.1) is 0 Å². The van der Waals surface area contributed by atoms with E-state index in [0.29, 0.717) is 28.6 Å². The maximum absolute atomic E-state index is 12.7. The fourth-order valence-electron chi connectivity index (χ4n) is 2.73. The maximum atomic E-state index is 12.7. The first-order chi connectivity index (χ1) is 14.4. The van der Waals surface area contributed by atoms with Crippen LogP contribution in [0.5, 0.6) is 23.0 Å². The molecular formula is C19H19F4N3O4. The molecule has 162 valence electrons. The number of rotatable bonds is 8. The minimum atomic E-state index is -3.00. The van der Waals surface area contributed by atoms with Crippen LogP contribution in [0.4, 0.5) is 17.6 Å². The standard InChI is InChI=1S/C19H19F4N3O4/c1-24-19(25-8-11-3-2-4-13(5-11)29-17(20)21)26-9-12-6-15-16(28-10-27-15)7-14(12)30-18(22)23/h2-7,17-18H,8-10H2,1H3,(H2,24,25,26). The first-order valence-electron chi connectivity index (χ1n) is 8.80. The molecule has 0 unspecified atom stereocenters. The molecule has 0 aromatic heterocycles. The third-order valence-corrected chi connectivity index (χ3v) is 4.03. The SMILES string of the molecule is CN=C(NCc1cccc(OC(F)F)c1)NCc1cc2c(cc1OC(F)F)OCO2. The molecule has 2 aromatic rings. The molecular weight excluding hydrogens is 410 g/mol. The number of hydrogen-bond donors (Lipinski definition) is 2. The summed E-state index contributed by atoms with van der Waals surface area (Å²) >= 11 is 0. The first-order valence-corrected chi connectivity index (χ1v) is 8.80. The van der Waals surface area contributed by atoms with E-state index in [1.165, 1.54) is 25.2 Å². The third-order valence-electron chi connectivity index (χ3n) is 4.03. The predicted molar refractivity (Wildman–Crippen MR) is 99.3 cm³/mol. The minimum absolute atomic E-state index is 0.00209. The number of halogens is 4. The molecule has 0 radical (unpaired) electrons. The summed E-state index contributed by atoms with van der Waals surface area (Å²) in [6.07, 6.45) is 0. The van der Waals surface area contributed by atoms with Crippen LogP contribution in [0.2, 0.25) is 0 Å². The van der Waals surface area contributed by atoms with Crippen molar-refractivity contribution in [3.05, 3.63) is 47.5 Å². The molecule has 3 rings (SSSR count). The van der Waals surface area contributed by atoms with E-state index in [1.807, 2.05) is 0 Å². The molecule has 0 atom stereocenters. The first kappa shape index (κ1) is 21.3. The predicted octanol–water partition coefficient (Wildman–Crippen LogP) is 3.48. The molecule has 0 amide bonds. The van der Waals surface area contributed by atoms with Crippen LogP contribution in [0.3, 0.4) is 0 Å². The molecule has 0 saturated carbocycles. The summed E-state index contributed by atoms with van der Waals surface area (Å²) in [6.45, 7) is -5.54. The molecule has 30 heavy (non-hydrogen) atoms. The summed E-state index contributed by atoms with van der Waals surface area (Å²) in [5.41, 5.74) is 1.09. The highest BCUT2D eigenvalue weighted by Gasteiger charge is 2.20. The largest absolute Gasteiger partial charge is 0.454 e. The molecule has 1 aliphatic rings. The van der Waals surface area contributed by atoms with Crippen molar-refractivity contribution in [3.8, 4) is 23.0 Å². The fraction of sp³-hybridized carbons (Fsp3) is 0.316. The lowest BCUT2D eigenvalue weighted by atomic mass is 10.1. The second-order valence-electron chi connectivity index (χ2n) is 6.00. The second-order valence-corrected chi connectivity index (χ2v) is 6.00. The molecule has 2 aromatic carbocycles. The Kier molecular flexibility index (Phi) is 7.04. The van der Waals surface area contributed by atoms with Gasteiger partial charge in [-0.25, -0.2) is 0 Å². The van der Waals surface area contributed by atoms with E-state index in [1.54, 1.807) is 18.2 Å². The number of alkyl halides is 4. The van der Waals surface area contributed by atoms with Crippen molar-refractivity contribution in [2.24, 2.45) is 4.99 Å². The highest BCUT2D eigenvalue weighted by Crippen LogP contribution is 2.38. The van der Waals surface area contributed by atoms with Crippen LogP contribution in [-0.2, 0) is 13.1 Å². The molecule has 1 heterocycles. The van der Waals surface area contributed by atoms with Gasteiger partial charge in [0.15, 0.2) is 17.5 Å². The summed E-state index contributed by atoms with van der Waals surface area (Å²) in [5, 5.41) is 5.97. The van der Waals surface area contributed by atoms with E-state index < -0.39 is 13.2 Å². The number of nitrogens with one attached hydrogen (secondary N) is 2. The molecule has 0 fully saturated rings. The van der Waals surface area contributed by atoms with Gasteiger partial charge in [-0.1, -0.05) is 12.1 Å². The van der Waals surface area contributed by atoms with Crippen LogP contribution in [-0.4, -0.2) is 33.0 Å². The Hall–Kier alpha value is -3.37. The van der Waals surface area contributed by atoms with E-state index in [0.717, 1.165) is 0 Å². The molecule has 11 heteroatoms. The van der Waals surface area contributed by atoms with Gasteiger partial charge in [-0.05, 0) is 23.8 Å². The van der Waals surface area contributed by atoms with Gasteiger partial charge in [0.25, 0.3) is 0 Å². The summed E-state index contributed by atoms with van der Waals surface area (Å²) in [4.78, 5) is 4.05. The van der Waals surface area contributed by atoms with Crippen molar-refractivity contribution in [1.82, 2.24) is 10.6 Å². The minimum Gasteiger partial charge on any atom is -0.454 e. The van der Waals surface area contributed by atoms with Crippen molar-refractivity contribution >= 4 is 5.96 Å². The Morgan fingerprint density at radius 1 is 1.00 bits per heavy atom. The monoisotopic (exact) mass is 429 g/mol. The Morgan fingerprint density at radius 3 is 2.40 bits per heavy atom. The number of nitrogens with zero attached hydrogens (tertiary/aromatic N) is 1. The van der Waals surface area contributed by atoms with Gasteiger partial charge in [-0.2, -0.15) is 17.6 Å². The van der Waals surface area contributed by atoms with E-state index in [-0.39, 0.29) is 31.4 Å². The molecule has 0 bridgehead atoms. The van der Waals surface area contributed by atoms with Crippen LogP contribution in [0.25, 0.3) is 0 Å². The van der Waals surface area contributed by atoms with Gasteiger partial charge in [-0.3, -0.25) is 4.99 Å². The normalized spacial score (nSPS) is 13.0. The average molecular weight is 429 g/mol. The lowest BCUT2D eigenvalue weighted by molar-refractivity contribution is -0.0509. The quantitative estimate of drug-likeness (QED) is 0.380. The Bertz CT molecular complexity index is 896. The van der Waals surface area contributed by atoms with Crippen molar-refractivity contribution < 1.29 is 36.5 Å². The van der Waals surface area contributed by atoms with Gasteiger partial charge < -0.3 is 29.6 Å². The zero-order chi connectivity index (χ0) is 21.5. The number of ether oxygens (including phenoxy) is 4. The summed E-state index contributed by atoms with van der Waals surface area (Å²) in [6, 6.07) is 9.10. The van der Waals surface area contributed by atoms with Crippen molar-refractivity contribution in [2.45, 2.75) is 26.3 Å². The summed E-state index contributed by atoms with van der Waals surface area (Å²) in [5.74, 6) is 1.10. The molecule has 0 spiro atoms. The van der Waals surface area contributed by atoms with E-state index in [4.69, 9.17) is 9.47 Å². The van der Waals surface area contributed by atoms with Crippen LogP contribution >= 0.6 is 0 Å². The molecule has 7 nitrogen and oxygen atoms in total. The molecule has 1 aliphatic heterocycles. The Morgan fingerprint density at radius 2 is 1.70 bits per heavy atom. The van der Waals surface area contributed by atoms with Crippen molar-refractivity contribution in [1.29, 1.82) is 0 Å². The van der Waals surface area contributed by atoms with Gasteiger partial charge in [0.1, 0.15) is 11.5 Å². The zero-order valence-electron chi connectivity index (χ0n) is 15.8. The topological polar surface area (TPSA) is 73.3 Å². The summed E-state index contributed by atoms with van der Waals surface area (Å²) < 4.78 is 69.5. The average Bonchev–Trinajstić information content (AvgIpc) is 3.14. The van der Waals surface area contributed by atoms with Crippen LogP contribution in [0.1, 0.15) is 11.1 Å². The number of aliphatic imine (C=N–C) groups is 1.